The molecule has 2 heterocycles. The van der Waals surface area contributed by atoms with Crippen LogP contribution in [0.5, 0.6) is 0 Å². The van der Waals surface area contributed by atoms with Crippen molar-refractivity contribution in [1.82, 2.24) is 15.6 Å². The van der Waals surface area contributed by atoms with Crippen LogP contribution in [0, 0.1) is 0 Å². The minimum absolute atomic E-state index is 0.0448. The molecule has 23 heavy (non-hydrogen) atoms. The quantitative estimate of drug-likeness (QED) is 0.772. The van der Waals surface area contributed by atoms with E-state index >= 15 is 0 Å². The highest BCUT2D eigenvalue weighted by Crippen LogP contribution is 2.31. The van der Waals surface area contributed by atoms with Gasteiger partial charge in [-0.25, -0.2) is 0 Å². The number of benzene rings is 2. The van der Waals surface area contributed by atoms with Gasteiger partial charge in [-0.1, -0.05) is 60.7 Å². The minimum Gasteiger partial charge on any atom is -0.359 e. The molecule has 1 aliphatic heterocycles. The van der Waals surface area contributed by atoms with Crippen LogP contribution >= 0.6 is 0 Å². The van der Waals surface area contributed by atoms with Gasteiger partial charge in [0.25, 0.3) is 0 Å². The average molecular weight is 299 g/mol. The zero-order chi connectivity index (χ0) is 15.5. The van der Waals surface area contributed by atoms with Gasteiger partial charge in [-0.05, 0) is 28.8 Å². The Bertz CT molecular complexity index is 760. The molecular formula is C20H17N3. The Labute approximate surface area is 135 Å². The molecule has 0 unspecified atom stereocenters. The second-order valence-corrected chi connectivity index (χ2v) is 5.48. The van der Waals surface area contributed by atoms with Gasteiger partial charge in [-0.2, -0.15) is 0 Å². The van der Waals surface area contributed by atoms with Crippen molar-refractivity contribution in [2.75, 3.05) is 0 Å². The first-order valence-electron chi connectivity index (χ1n) is 7.70. The first kappa shape index (κ1) is 13.6. The molecule has 0 aliphatic carbocycles. The molecule has 3 nitrogen and oxygen atoms in total. The average Bonchev–Trinajstić information content (AvgIpc) is 3.09. The summed E-state index contributed by atoms with van der Waals surface area (Å²) in [6.45, 7) is 0. The topological polar surface area (TPSA) is 37.0 Å². The maximum atomic E-state index is 4.10. The van der Waals surface area contributed by atoms with Gasteiger partial charge < -0.3 is 10.6 Å². The van der Waals surface area contributed by atoms with Gasteiger partial charge >= 0.3 is 0 Å². The van der Waals surface area contributed by atoms with Crippen molar-refractivity contribution in [1.29, 1.82) is 0 Å². The van der Waals surface area contributed by atoms with Crippen LogP contribution in [0.15, 0.2) is 85.2 Å². The summed E-state index contributed by atoms with van der Waals surface area (Å²) in [6.07, 6.45) is 3.69. The lowest BCUT2D eigenvalue weighted by molar-refractivity contribution is 0.619. The largest absolute Gasteiger partial charge is 0.359 e. The summed E-state index contributed by atoms with van der Waals surface area (Å²) in [5.74, 6) is 0. The van der Waals surface area contributed by atoms with Crippen LogP contribution in [0.2, 0.25) is 0 Å². The normalized spacial score (nSPS) is 14.4. The molecule has 0 radical (unpaired) electrons. The van der Waals surface area contributed by atoms with Crippen LogP contribution in [0.3, 0.4) is 0 Å². The molecular weight excluding hydrogens is 282 g/mol. The Balaban J connectivity index is 1.76. The number of aromatic nitrogens is 1. The van der Waals surface area contributed by atoms with E-state index in [1.807, 2.05) is 36.7 Å². The van der Waals surface area contributed by atoms with Crippen LogP contribution in [0.4, 0.5) is 0 Å². The lowest BCUT2D eigenvalue weighted by Crippen LogP contribution is -2.23. The van der Waals surface area contributed by atoms with Crippen LogP contribution < -0.4 is 10.6 Å². The number of rotatable bonds is 3. The van der Waals surface area contributed by atoms with Gasteiger partial charge in [0.15, 0.2) is 0 Å². The molecule has 0 bridgehead atoms. The van der Waals surface area contributed by atoms with Crippen LogP contribution in [0.1, 0.15) is 22.9 Å². The fourth-order valence-corrected chi connectivity index (χ4v) is 2.86. The van der Waals surface area contributed by atoms with Gasteiger partial charge in [0.1, 0.15) is 6.17 Å². The number of hydrogen-bond acceptors (Lipinski definition) is 3. The SMILES string of the molecule is c1ccc(C2=C(c3ccccc3)NC(c3ccncc3)N2)cc1. The third kappa shape index (κ3) is 2.69. The second kappa shape index (κ2) is 5.97. The summed E-state index contributed by atoms with van der Waals surface area (Å²) in [7, 11) is 0. The van der Waals surface area contributed by atoms with E-state index < -0.39 is 0 Å². The monoisotopic (exact) mass is 299 g/mol. The summed E-state index contributed by atoms with van der Waals surface area (Å²) in [5, 5.41) is 7.23. The van der Waals surface area contributed by atoms with Crippen molar-refractivity contribution >= 4 is 11.4 Å². The smallest absolute Gasteiger partial charge is 0.123 e. The van der Waals surface area contributed by atoms with Crippen molar-refractivity contribution in [3.05, 3.63) is 102 Å². The summed E-state index contributed by atoms with van der Waals surface area (Å²) in [5.41, 5.74) is 5.77. The first-order valence-corrected chi connectivity index (χ1v) is 7.70. The standard InChI is InChI=1S/C20H17N3/c1-3-7-15(8-4-1)18-19(16-9-5-2-6-10-16)23-20(22-18)17-11-13-21-14-12-17/h1-14,20,22-23H. The van der Waals surface area contributed by atoms with Gasteiger partial charge in [0, 0.05) is 12.4 Å². The lowest BCUT2D eigenvalue weighted by atomic mass is 10.1. The van der Waals surface area contributed by atoms with E-state index in [0.29, 0.717) is 0 Å². The highest BCUT2D eigenvalue weighted by Gasteiger charge is 2.25. The molecule has 1 aromatic heterocycles. The Morgan fingerprint density at radius 2 is 1.09 bits per heavy atom. The number of hydrogen-bond donors (Lipinski definition) is 2. The van der Waals surface area contributed by atoms with Gasteiger partial charge in [0.05, 0.1) is 11.4 Å². The van der Waals surface area contributed by atoms with E-state index in [-0.39, 0.29) is 6.17 Å². The highest BCUT2D eigenvalue weighted by molar-refractivity contribution is 5.91. The van der Waals surface area contributed by atoms with Crippen molar-refractivity contribution in [3.8, 4) is 0 Å². The molecule has 0 atom stereocenters. The number of pyridine rings is 1. The first-order chi connectivity index (χ1) is 11.4. The van der Waals surface area contributed by atoms with E-state index in [0.717, 1.165) is 11.4 Å². The van der Waals surface area contributed by atoms with Crippen molar-refractivity contribution in [2.24, 2.45) is 0 Å². The summed E-state index contributed by atoms with van der Waals surface area (Å²) < 4.78 is 0. The Hall–Kier alpha value is -3.07. The van der Waals surface area contributed by atoms with Crippen molar-refractivity contribution in [3.63, 3.8) is 0 Å². The number of nitrogens with one attached hydrogen (secondary N) is 2. The van der Waals surface area contributed by atoms with Crippen molar-refractivity contribution < 1.29 is 0 Å². The molecule has 2 aromatic carbocycles. The molecule has 1 aliphatic rings. The van der Waals surface area contributed by atoms with Crippen molar-refractivity contribution in [2.45, 2.75) is 6.17 Å². The number of nitrogens with zero attached hydrogens (tertiary/aromatic N) is 1. The third-order valence-electron chi connectivity index (χ3n) is 3.99. The molecule has 0 spiro atoms. The maximum absolute atomic E-state index is 4.10. The summed E-state index contributed by atoms with van der Waals surface area (Å²) in [4.78, 5) is 4.10. The Morgan fingerprint density at radius 1 is 0.609 bits per heavy atom. The zero-order valence-corrected chi connectivity index (χ0v) is 12.6. The van der Waals surface area contributed by atoms with Crippen LogP contribution in [-0.4, -0.2) is 4.98 Å². The molecule has 4 rings (SSSR count). The molecule has 0 fully saturated rings. The van der Waals surface area contributed by atoms with Crippen LogP contribution in [-0.2, 0) is 0 Å². The van der Waals surface area contributed by atoms with Crippen LogP contribution in [0.25, 0.3) is 11.4 Å². The summed E-state index contributed by atoms with van der Waals surface area (Å²) in [6, 6.07) is 24.9. The fourth-order valence-electron chi connectivity index (χ4n) is 2.86. The molecule has 0 amide bonds. The third-order valence-corrected chi connectivity index (χ3v) is 3.99. The zero-order valence-electron chi connectivity index (χ0n) is 12.6. The lowest BCUT2D eigenvalue weighted by Gasteiger charge is -2.14. The molecule has 0 saturated heterocycles. The van der Waals surface area contributed by atoms with E-state index in [9.17, 15) is 0 Å². The fraction of sp³-hybridized carbons (Fsp3) is 0.0500. The predicted octanol–water partition coefficient (Wildman–Crippen LogP) is 3.80. The van der Waals surface area contributed by atoms with Gasteiger partial charge in [-0.15, -0.1) is 0 Å². The van der Waals surface area contributed by atoms with Gasteiger partial charge in [-0.3, -0.25) is 4.98 Å². The highest BCUT2D eigenvalue weighted by atomic mass is 15.2. The Kier molecular flexibility index (Phi) is 3.53. The molecule has 112 valence electrons. The molecule has 2 N–H and O–H groups in total. The molecule has 3 aromatic rings. The van der Waals surface area contributed by atoms with E-state index in [1.165, 1.54) is 16.7 Å². The van der Waals surface area contributed by atoms with E-state index in [2.05, 4.69) is 64.1 Å². The minimum atomic E-state index is 0.0448. The van der Waals surface area contributed by atoms with E-state index in [4.69, 9.17) is 0 Å². The molecule has 0 saturated carbocycles. The maximum Gasteiger partial charge on any atom is 0.123 e. The Morgan fingerprint density at radius 3 is 1.57 bits per heavy atom. The predicted molar refractivity (Wildman–Crippen MR) is 92.9 cm³/mol. The molecule has 3 heteroatoms. The summed E-state index contributed by atoms with van der Waals surface area (Å²) >= 11 is 0. The van der Waals surface area contributed by atoms with E-state index in [1.54, 1.807) is 0 Å². The van der Waals surface area contributed by atoms with Gasteiger partial charge in [0.2, 0.25) is 0 Å². The second-order valence-electron chi connectivity index (χ2n) is 5.48.